The van der Waals surface area contributed by atoms with E-state index in [4.69, 9.17) is 9.84 Å². The molecule has 5 rings (SSSR count). The molecule has 1 amide bonds. The normalized spacial score (nSPS) is 37.9. The maximum absolute atomic E-state index is 14.5. The molecule has 4 unspecified atom stereocenters. The zero-order valence-corrected chi connectivity index (χ0v) is 36.1. The van der Waals surface area contributed by atoms with Crippen LogP contribution in [0.1, 0.15) is 184 Å². The van der Waals surface area contributed by atoms with Crippen LogP contribution in [-0.2, 0) is 23.9 Å². The number of nitrogens with one attached hydrogen (secondary N) is 1. The van der Waals surface area contributed by atoms with Crippen molar-refractivity contribution in [1.29, 1.82) is 0 Å². The summed E-state index contributed by atoms with van der Waals surface area (Å²) in [5.74, 6) is 0.383. The van der Waals surface area contributed by atoms with Crippen LogP contribution in [0.4, 0.5) is 0 Å². The van der Waals surface area contributed by atoms with Crippen LogP contribution in [0, 0.1) is 62.1 Å². The number of rotatable bonds is 16. The van der Waals surface area contributed by atoms with Crippen LogP contribution in [0.2, 0.25) is 0 Å². The van der Waals surface area contributed by atoms with Crippen LogP contribution < -0.4 is 5.32 Å². The van der Waals surface area contributed by atoms with Crippen LogP contribution in [0.5, 0.6) is 0 Å². The van der Waals surface area contributed by atoms with Gasteiger partial charge in [-0.1, -0.05) is 98.6 Å². The fourth-order valence-corrected chi connectivity index (χ4v) is 13.5. The van der Waals surface area contributed by atoms with Crippen molar-refractivity contribution in [2.45, 2.75) is 190 Å². The first-order chi connectivity index (χ1) is 25.7. The Hall–Kier alpha value is -2.38. The fourth-order valence-electron chi connectivity index (χ4n) is 13.5. The van der Waals surface area contributed by atoms with Gasteiger partial charge in [0.1, 0.15) is 6.10 Å². The first-order valence-electron chi connectivity index (χ1n) is 22.3. The molecule has 55 heavy (non-hydrogen) atoms. The lowest BCUT2D eigenvalue weighted by Crippen LogP contribution is -2.66. The summed E-state index contributed by atoms with van der Waals surface area (Å²) in [5, 5.41) is 21.9. The number of carbonyl (C=O) groups excluding carboxylic acids is 2. The summed E-state index contributed by atoms with van der Waals surface area (Å²) in [4.78, 5) is 50.1. The first-order valence-corrected chi connectivity index (χ1v) is 22.3. The average molecular weight is 768 g/mol. The van der Waals surface area contributed by atoms with Crippen LogP contribution >= 0.6 is 0 Å². The maximum Gasteiger partial charge on any atom is 0.309 e. The van der Waals surface area contributed by atoms with Crippen molar-refractivity contribution < 1.29 is 34.1 Å². The topological polar surface area (TPSA) is 130 Å². The molecule has 0 aromatic rings. The van der Waals surface area contributed by atoms with Gasteiger partial charge in [-0.05, 0) is 130 Å². The molecule has 3 N–H and O–H groups in total. The highest BCUT2D eigenvalue weighted by molar-refractivity contribution is 5.84. The SMILES string of the molecule is C[C@@H]1CC[C@]2(C(=O)NCCCCCCCCCCC(=O)O)CC[C@]3(C)C(=CCC4[C@@]5(C)CCC(OC(=O)CC(C)(C)C(=O)O)C(C)(C)C5CC[C@]43C)C2[C@H]1C. The third-order valence-corrected chi connectivity index (χ3v) is 17.4. The third kappa shape index (κ3) is 8.05. The van der Waals surface area contributed by atoms with Gasteiger partial charge in [-0.15, -0.1) is 0 Å². The number of amides is 1. The number of fused-ring (bicyclic) bond motifs is 7. The van der Waals surface area contributed by atoms with E-state index in [0.717, 1.165) is 109 Å². The van der Waals surface area contributed by atoms with Crippen molar-refractivity contribution in [3.8, 4) is 0 Å². The summed E-state index contributed by atoms with van der Waals surface area (Å²) in [6.45, 7) is 21.0. The molecule has 0 radical (unpaired) electrons. The summed E-state index contributed by atoms with van der Waals surface area (Å²) in [6.07, 6.45) is 20.2. The minimum absolute atomic E-state index is 0.0210. The van der Waals surface area contributed by atoms with Crippen molar-refractivity contribution in [2.24, 2.45) is 62.1 Å². The number of carboxylic acids is 2. The second kappa shape index (κ2) is 16.5. The number of carboxylic acid groups (broad SMARTS) is 2. The van der Waals surface area contributed by atoms with E-state index in [1.54, 1.807) is 19.4 Å². The van der Waals surface area contributed by atoms with Gasteiger partial charge in [-0.25, -0.2) is 0 Å². The van der Waals surface area contributed by atoms with Gasteiger partial charge in [0, 0.05) is 18.4 Å². The number of unbranched alkanes of at least 4 members (excludes halogenated alkanes) is 7. The molecule has 0 aromatic heterocycles. The third-order valence-electron chi connectivity index (χ3n) is 17.4. The number of allylic oxidation sites excluding steroid dienone is 2. The van der Waals surface area contributed by atoms with E-state index in [0.29, 0.717) is 29.6 Å². The number of hydrogen-bond donors (Lipinski definition) is 3. The summed E-state index contributed by atoms with van der Waals surface area (Å²) in [6, 6.07) is 0. The summed E-state index contributed by atoms with van der Waals surface area (Å²) >= 11 is 0. The molecule has 4 saturated carbocycles. The molecule has 0 aliphatic heterocycles. The van der Waals surface area contributed by atoms with Crippen molar-refractivity contribution in [3.05, 3.63) is 11.6 Å². The minimum Gasteiger partial charge on any atom is -0.481 e. The Balaban J connectivity index is 1.28. The molecule has 0 heterocycles. The van der Waals surface area contributed by atoms with E-state index in [2.05, 4.69) is 59.9 Å². The molecule has 0 aromatic carbocycles. The molecule has 8 nitrogen and oxygen atoms in total. The van der Waals surface area contributed by atoms with Crippen LogP contribution in [0.3, 0.4) is 0 Å². The van der Waals surface area contributed by atoms with Crippen LogP contribution in [-0.4, -0.2) is 46.7 Å². The molecule has 5 aliphatic rings. The monoisotopic (exact) mass is 768 g/mol. The lowest BCUT2D eigenvalue weighted by molar-refractivity contribution is -0.214. The Bertz CT molecular complexity index is 1470. The van der Waals surface area contributed by atoms with E-state index >= 15 is 0 Å². The lowest BCUT2D eigenvalue weighted by Gasteiger charge is -2.71. The highest BCUT2D eigenvalue weighted by atomic mass is 16.5. The van der Waals surface area contributed by atoms with Gasteiger partial charge in [0.25, 0.3) is 0 Å². The van der Waals surface area contributed by atoms with Crippen molar-refractivity contribution in [3.63, 3.8) is 0 Å². The Morgan fingerprint density at radius 2 is 1.44 bits per heavy atom. The molecule has 0 spiro atoms. The standard InChI is InChI=1S/C47H77NO7/c1-31-21-26-47(40(52)48-29-17-15-13-11-10-12-14-16-18-37(49)50)28-27-45(8)33(39(47)32(31)2)19-20-35-44(7)24-23-36(55-38(51)30-42(3,4)41(53)54)43(5,6)34(44)22-25-46(35,45)9/h19,31-32,34-36,39H,10-18,20-30H2,1-9H3,(H,48,52)(H,49,50)(H,53,54)/t31-,32+,34?,35?,36?,39?,44+,45-,46-,47+/m1/s1. The number of carbonyl (C=O) groups is 4. The molecule has 312 valence electrons. The van der Waals surface area contributed by atoms with Gasteiger partial charge in [-0.3, -0.25) is 19.2 Å². The van der Waals surface area contributed by atoms with E-state index in [1.807, 2.05) is 0 Å². The minimum atomic E-state index is -1.15. The number of aliphatic carboxylic acids is 2. The smallest absolute Gasteiger partial charge is 0.309 e. The fraction of sp³-hybridized carbons (Fsp3) is 0.872. The Labute approximate surface area is 333 Å². The molecule has 0 saturated heterocycles. The second-order valence-electron chi connectivity index (χ2n) is 21.2. The van der Waals surface area contributed by atoms with E-state index in [1.165, 1.54) is 6.42 Å². The van der Waals surface area contributed by atoms with Crippen molar-refractivity contribution in [2.75, 3.05) is 6.54 Å². The van der Waals surface area contributed by atoms with Crippen molar-refractivity contribution >= 4 is 23.8 Å². The molecule has 0 bridgehead atoms. The Morgan fingerprint density at radius 1 is 0.800 bits per heavy atom. The Kier molecular flexibility index (Phi) is 13.1. The maximum atomic E-state index is 14.5. The lowest BCUT2D eigenvalue weighted by atomic mass is 9.33. The number of ether oxygens (including phenoxy) is 1. The quantitative estimate of drug-likeness (QED) is 0.0810. The summed E-state index contributed by atoms with van der Waals surface area (Å²) in [7, 11) is 0. The summed E-state index contributed by atoms with van der Waals surface area (Å²) < 4.78 is 6.18. The predicted molar refractivity (Wildman–Crippen MR) is 217 cm³/mol. The second-order valence-corrected chi connectivity index (χ2v) is 21.2. The largest absolute Gasteiger partial charge is 0.481 e. The van der Waals surface area contributed by atoms with Gasteiger partial charge in [-0.2, -0.15) is 0 Å². The zero-order chi connectivity index (χ0) is 40.6. The zero-order valence-electron chi connectivity index (χ0n) is 36.1. The van der Waals surface area contributed by atoms with Gasteiger partial charge < -0.3 is 20.3 Å². The van der Waals surface area contributed by atoms with Crippen molar-refractivity contribution in [1.82, 2.24) is 5.32 Å². The van der Waals surface area contributed by atoms with Crippen LogP contribution in [0.25, 0.3) is 0 Å². The van der Waals surface area contributed by atoms with E-state index in [9.17, 15) is 24.3 Å². The summed E-state index contributed by atoms with van der Waals surface area (Å²) in [5.41, 5.74) is 0.0796. The van der Waals surface area contributed by atoms with Gasteiger partial charge in [0.05, 0.1) is 17.3 Å². The highest BCUT2D eigenvalue weighted by Gasteiger charge is 2.69. The highest BCUT2D eigenvalue weighted by Crippen LogP contribution is 2.76. The average Bonchev–Trinajstić information content (AvgIpc) is 3.09. The van der Waals surface area contributed by atoms with Gasteiger partial charge >= 0.3 is 17.9 Å². The van der Waals surface area contributed by atoms with E-state index in [-0.39, 0.29) is 51.9 Å². The molecule has 10 atom stereocenters. The molecular formula is C47H77NO7. The van der Waals surface area contributed by atoms with Gasteiger partial charge in [0.15, 0.2) is 0 Å². The molecule has 5 aliphatic carbocycles. The molecular weight excluding hydrogens is 691 g/mol. The number of esters is 1. The predicted octanol–water partition coefficient (Wildman–Crippen LogP) is 10.8. The molecule has 4 fully saturated rings. The van der Waals surface area contributed by atoms with Crippen LogP contribution in [0.15, 0.2) is 11.6 Å². The number of hydrogen-bond acceptors (Lipinski definition) is 5. The molecule has 8 heteroatoms. The van der Waals surface area contributed by atoms with Gasteiger partial charge in [0.2, 0.25) is 5.91 Å². The first kappa shape index (κ1) is 43.7. The Morgan fingerprint density at radius 3 is 2.07 bits per heavy atom. The van der Waals surface area contributed by atoms with E-state index < -0.39 is 23.3 Å².